The predicted octanol–water partition coefficient (Wildman–Crippen LogP) is 1.51. The molecule has 6 heteroatoms. The van der Waals surface area contributed by atoms with Crippen LogP contribution in [0.4, 0.5) is 0 Å². The third-order valence-corrected chi connectivity index (χ3v) is 2.48. The standard InChI is InChI=1S/C11H14N4O2/c1-4-7-5-8(10(16)17)15-11(12-7)13-9(14-15)6(2)3/h5-6H,4H2,1-3H3,(H,16,17). The summed E-state index contributed by atoms with van der Waals surface area (Å²) in [6.07, 6.45) is 0.667. The van der Waals surface area contributed by atoms with Crippen LogP contribution in [0, 0.1) is 0 Å². The molecule has 0 fully saturated rings. The largest absolute Gasteiger partial charge is 0.477 e. The van der Waals surface area contributed by atoms with Gasteiger partial charge < -0.3 is 5.11 Å². The highest BCUT2D eigenvalue weighted by atomic mass is 16.4. The van der Waals surface area contributed by atoms with Gasteiger partial charge in [-0.1, -0.05) is 20.8 Å². The van der Waals surface area contributed by atoms with Crippen LogP contribution < -0.4 is 0 Å². The zero-order valence-corrected chi connectivity index (χ0v) is 10.0. The molecular formula is C11H14N4O2. The highest BCUT2D eigenvalue weighted by molar-refractivity contribution is 5.86. The van der Waals surface area contributed by atoms with Crippen LogP contribution in [0.15, 0.2) is 6.07 Å². The first-order chi connectivity index (χ1) is 8.02. The zero-order valence-electron chi connectivity index (χ0n) is 10.0. The van der Waals surface area contributed by atoms with Gasteiger partial charge in [0.2, 0.25) is 0 Å². The van der Waals surface area contributed by atoms with Gasteiger partial charge in [-0.2, -0.15) is 9.50 Å². The maximum Gasteiger partial charge on any atom is 0.354 e. The van der Waals surface area contributed by atoms with E-state index in [0.29, 0.717) is 23.7 Å². The third-order valence-electron chi connectivity index (χ3n) is 2.48. The molecule has 0 bridgehead atoms. The van der Waals surface area contributed by atoms with Crippen molar-refractivity contribution in [2.45, 2.75) is 33.1 Å². The van der Waals surface area contributed by atoms with Crippen LogP contribution in [-0.4, -0.2) is 30.7 Å². The first-order valence-corrected chi connectivity index (χ1v) is 5.52. The molecule has 2 aromatic heterocycles. The van der Waals surface area contributed by atoms with E-state index >= 15 is 0 Å². The van der Waals surface area contributed by atoms with Gasteiger partial charge in [-0.05, 0) is 12.5 Å². The van der Waals surface area contributed by atoms with Crippen molar-refractivity contribution in [1.29, 1.82) is 0 Å². The second-order valence-electron chi connectivity index (χ2n) is 4.13. The van der Waals surface area contributed by atoms with E-state index in [2.05, 4.69) is 15.1 Å². The van der Waals surface area contributed by atoms with Crippen LogP contribution in [0.1, 0.15) is 48.7 Å². The quantitative estimate of drug-likeness (QED) is 0.870. The highest BCUT2D eigenvalue weighted by Crippen LogP contribution is 2.13. The Morgan fingerprint density at radius 1 is 1.47 bits per heavy atom. The molecule has 0 radical (unpaired) electrons. The Balaban J connectivity index is 2.72. The minimum atomic E-state index is -1.02. The van der Waals surface area contributed by atoms with Crippen molar-refractivity contribution < 1.29 is 9.90 Å². The van der Waals surface area contributed by atoms with E-state index in [0.717, 1.165) is 0 Å². The number of aryl methyl sites for hydroxylation is 1. The van der Waals surface area contributed by atoms with Crippen molar-refractivity contribution in [3.8, 4) is 0 Å². The lowest BCUT2D eigenvalue weighted by Crippen LogP contribution is -2.09. The van der Waals surface area contributed by atoms with Gasteiger partial charge in [-0.3, -0.25) is 0 Å². The van der Waals surface area contributed by atoms with Gasteiger partial charge >= 0.3 is 5.97 Å². The van der Waals surface area contributed by atoms with E-state index in [-0.39, 0.29) is 11.6 Å². The van der Waals surface area contributed by atoms with Gasteiger partial charge in [0.25, 0.3) is 5.78 Å². The number of carboxylic acids is 1. The monoisotopic (exact) mass is 234 g/mol. The number of rotatable bonds is 3. The van der Waals surface area contributed by atoms with Crippen LogP contribution in [0.3, 0.4) is 0 Å². The van der Waals surface area contributed by atoms with E-state index < -0.39 is 5.97 Å². The van der Waals surface area contributed by atoms with E-state index in [1.54, 1.807) is 0 Å². The summed E-state index contributed by atoms with van der Waals surface area (Å²) in [5, 5.41) is 13.3. The van der Waals surface area contributed by atoms with Crippen LogP contribution in [0.25, 0.3) is 5.78 Å². The van der Waals surface area contributed by atoms with Gasteiger partial charge in [-0.15, -0.1) is 5.10 Å². The fourth-order valence-corrected chi connectivity index (χ4v) is 1.51. The second-order valence-corrected chi connectivity index (χ2v) is 4.13. The fraction of sp³-hybridized carbons (Fsp3) is 0.455. The SMILES string of the molecule is CCc1cc(C(=O)O)n2nc(C(C)C)nc2n1. The van der Waals surface area contributed by atoms with Crippen molar-refractivity contribution in [3.63, 3.8) is 0 Å². The van der Waals surface area contributed by atoms with Crippen LogP contribution in [0.2, 0.25) is 0 Å². The lowest BCUT2D eigenvalue weighted by molar-refractivity contribution is 0.0687. The second kappa shape index (κ2) is 4.12. The molecule has 0 aliphatic carbocycles. The molecule has 0 atom stereocenters. The van der Waals surface area contributed by atoms with E-state index in [9.17, 15) is 4.79 Å². The summed E-state index contributed by atoms with van der Waals surface area (Å²) < 4.78 is 1.29. The minimum absolute atomic E-state index is 0.103. The van der Waals surface area contributed by atoms with Gasteiger partial charge in [0.05, 0.1) is 0 Å². The Labute approximate surface area is 98.3 Å². The lowest BCUT2D eigenvalue weighted by atomic mass is 10.2. The van der Waals surface area contributed by atoms with Crippen LogP contribution in [0.5, 0.6) is 0 Å². The van der Waals surface area contributed by atoms with Crippen LogP contribution >= 0.6 is 0 Å². The van der Waals surface area contributed by atoms with Gasteiger partial charge in [-0.25, -0.2) is 9.78 Å². The molecule has 17 heavy (non-hydrogen) atoms. The lowest BCUT2D eigenvalue weighted by Gasteiger charge is -2.00. The number of nitrogens with zero attached hydrogens (tertiary/aromatic N) is 4. The number of carboxylic acid groups (broad SMARTS) is 1. The summed E-state index contributed by atoms with van der Waals surface area (Å²) >= 11 is 0. The normalized spacial score (nSPS) is 11.3. The number of hydrogen-bond donors (Lipinski definition) is 1. The first-order valence-electron chi connectivity index (χ1n) is 5.52. The third kappa shape index (κ3) is 1.98. The van der Waals surface area contributed by atoms with Crippen LogP contribution in [-0.2, 0) is 6.42 Å². The van der Waals surface area contributed by atoms with E-state index in [1.165, 1.54) is 10.6 Å². The number of carbonyl (C=O) groups is 1. The Hall–Kier alpha value is -1.98. The predicted molar refractivity (Wildman–Crippen MR) is 61.2 cm³/mol. The van der Waals surface area contributed by atoms with Gasteiger partial charge in [0.1, 0.15) is 0 Å². The molecule has 6 nitrogen and oxygen atoms in total. The fourth-order valence-electron chi connectivity index (χ4n) is 1.51. The molecular weight excluding hydrogens is 220 g/mol. The Kier molecular flexibility index (Phi) is 2.79. The number of aromatic nitrogens is 4. The molecule has 90 valence electrons. The summed E-state index contributed by atoms with van der Waals surface area (Å²) in [4.78, 5) is 19.7. The number of fused-ring (bicyclic) bond motifs is 1. The summed E-state index contributed by atoms with van der Waals surface area (Å²) in [6.45, 7) is 5.83. The minimum Gasteiger partial charge on any atom is -0.477 e. The molecule has 2 aromatic rings. The van der Waals surface area contributed by atoms with Crippen molar-refractivity contribution in [2.75, 3.05) is 0 Å². The zero-order chi connectivity index (χ0) is 12.6. The van der Waals surface area contributed by atoms with Gasteiger partial charge in [0, 0.05) is 11.6 Å². The molecule has 0 unspecified atom stereocenters. The van der Waals surface area contributed by atoms with Gasteiger partial charge in [0.15, 0.2) is 11.5 Å². The Morgan fingerprint density at radius 3 is 2.71 bits per heavy atom. The summed E-state index contributed by atoms with van der Waals surface area (Å²) in [5.74, 6) is 0.0782. The molecule has 1 N–H and O–H groups in total. The molecule has 0 saturated carbocycles. The maximum atomic E-state index is 11.1. The molecule has 0 aliphatic rings. The number of hydrogen-bond acceptors (Lipinski definition) is 4. The molecule has 0 aromatic carbocycles. The van der Waals surface area contributed by atoms with E-state index in [4.69, 9.17) is 5.11 Å². The summed E-state index contributed by atoms with van der Waals surface area (Å²) in [6, 6.07) is 1.54. The Bertz CT molecular complexity index is 574. The van der Waals surface area contributed by atoms with Crippen molar-refractivity contribution in [1.82, 2.24) is 19.6 Å². The molecule has 0 aliphatic heterocycles. The van der Waals surface area contributed by atoms with Crippen molar-refractivity contribution in [3.05, 3.63) is 23.3 Å². The van der Waals surface area contributed by atoms with Crippen molar-refractivity contribution >= 4 is 11.7 Å². The topological polar surface area (TPSA) is 80.4 Å². The molecule has 2 rings (SSSR count). The van der Waals surface area contributed by atoms with E-state index in [1.807, 2.05) is 20.8 Å². The average Bonchev–Trinajstić information content (AvgIpc) is 2.70. The number of aromatic carboxylic acids is 1. The highest BCUT2D eigenvalue weighted by Gasteiger charge is 2.16. The summed E-state index contributed by atoms with van der Waals surface area (Å²) in [5.41, 5.74) is 0.809. The first kappa shape index (κ1) is 11.5. The molecule has 2 heterocycles. The molecule has 0 spiro atoms. The molecule has 0 saturated heterocycles. The van der Waals surface area contributed by atoms with Crippen molar-refractivity contribution in [2.24, 2.45) is 0 Å². The smallest absolute Gasteiger partial charge is 0.354 e. The average molecular weight is 234 g/mol. The maximum absolute atomic E-state index is 11.1. The Morgan fingerprint density at radius 2 is 2.18 bits per heavy atom. The summed E-state index contributed by atoms with van der Waals surface area (Å²) in [7, 11) is 0. The molecule has 0 amide bonds.